The predicted molar refractivity (Wildman–Crippen MR) is 103 cm³/mol. The molecule has 6 nitrogen and oxygen atoms in total. The Hall–Kier alpha value is -1.89. The molecule has 2 aromatic heterocycles. The molecule has 3 aliphatic rings. The van der Waals surface area contributed by atoms with Crippen molar-refractivity contribution in [2.75, 3.05) is 23.7 Å². The van der Waals surface area contributed by atoms with E-state index in [0.29, 0.717) is 12.5 Å². The molecule has 0 N–H and O–H groups in total. The van der Waals surface area contributed by atoms with E-state index in [9.17, 15) is 4.79 Å². The molecular formula is C19H23N5OS. The largest absolute Gasteiger partial charge is 0.355 e. The molecule has 2 aromatic rings. The summed E-state index contributed by atoms with van der Waals surface area (Å²) < 4.78 is 1.69. The second-order valence-corrected chi connectivity index (χ2v) is 8.69. The number of anilines is 1. The Labute approximate surface area is 157 Å². The number of nitrogens with zero attached hydrogens (tertiary/aromatic N) is 5. The lowest BCUT2D eigenvalue weighted by atomic mass is 9.99. The van der Waals surface area contributed by atoms with E-state index in [4.69, 9.17) is 4.98 Å². The monoisotopic (exact) mass is 369 g/mol. The Balaban J connectivity index is 1.31. The number of rotatable bonds is 3. The molecule has 7 heteroatoms. The minimum absolute atomic E-state index is 0.0449. The van der Waals surface area contributed by atoms with Gasteiger partial charge in [-0.2, -0.15) is 16.9 Å². The van der Waals surface area contributed by atoms with Crippen molar-refractivity contribution in [1.29, 1.82) is 0 Å². The quantitative estimate of drug-likeness (QED) is 0.821. The van der Waals surface area contributed by atoms with Crippen LogP contribution in [0.4, 0.5) is 5.82 Å². The molecule has 0 atom stereocenters. The smallest absolute Gasteiger partial charge is 0.267 e. The highest BCUT2D eigenvalue weighted by atomic mass is 32.2. The van der Waals surface area contributed by atoms with Crippen LogP contribution in [0.15, 0.2) is 10.9 Å². The van der Waals surface area contributed by atoms with Gasteiger partial charge in [-0.3, -0.25) is 4.79 Å². The first kappa shape index (κ1) is 16.3. The summed E-state index contributed by atoms with van der Waals surface area (Å²) in [7, 11) is 0. The SMILES string of the molecule is Cc1nc2c(c(N3CC(Cn4nc5c(cc4=O)CSCC5)C3)n1)CCC2. The fraction of sp³-hybridized carbons (Fsp3) is 0.579. The molecule has 0 unspecified atom stereocenters. The van der Waals surface area contributed by atoms with Crippen LogP contribution in [0.25, 0.3) is 0 Å². The van der Waals surface area contributed by atoms with Gasteiger partial charge in [-0.05, 0) is 37.5 Å². The minimum Gasteiger partial charge on any atom is -0.355 e. The van der Waals surface area contributed by atoms with E-state index in [2.05, 4.69) is 15.0 Å². The molecule has 0 spiro atoms. The molecular weight excluding hydrogens is 346 g/mol. The average molecular weight is 369 g/mol. The zero-order valence-electron chi connectivity index (χ0n) is 15.1. The third kappa shape index (κ3) is 2.82. The summed E-state index contributed by atoms with van der Waals surface area (Å²) in [6.07, 6.45) is 4.33. The van der Waals surface area contributed by atoms with Crippen molar-refractivity contribution in [2.24, 2.45) is 5.92 Å². The first-order valence-electron chi connectivity index (χ1n) is 9.46. The number of fused-ring (bicyclic) bond motifs is 2. The van der Waals surface area contributed by atoms with Gasteiger partial charge in [-0.1, -0.05) is 0 Å². The van der Waals surface area contributed by atoms with Crippen molar-refractivity contribution in [3.8, 4) is 0 Å². The zero-order chi connectivity index (χ0) is 17.7. The lowest BCUT2D eigenvalue weighted by molar-refractivity contribution is 0.330. The number of hydrogen-bond acceptors (Lipinski definition) is 6. The number of hydrogen-bond donors (Lipinski definition) is 0. The molecule has 136 valence electrons. The van der Waals surface area contributed by atoms with E-state index >= 15 is 0 Å². The maximum atomic E-state index is 12.4. The summed E-state index contributed by atoms with van der Waals surface area (Å²) >= 11 is 1.88. The first-order chi connectivity index (χ1) is 12.7. The van der Waals surface area contributed by atoms with Gasteiger partial charge in [-0.25, -0.2) is 14.6 Å². The Morgan fingerprint density at radius 2 is 2.08 bits per heavy atom. The molecule has 0 aromatic carbocycles. The Kier molecular flexibility index (Phi) is 3.99. The van der Waals surface area contributed by atoms with Gasteiger partial charge in [0.1, 0.15) is 11.6 Å². The summed E-state index contributed by atoms with van der Waals surface area (Å²) in [5, 5.41) is 4.65. The van der Waals surface area contributed by atoms with Crippen molar-refractivity contribution in [3.63, 3.8) is 0 Å². The Morgan fingerprint density at radius 1 is 1.19 bits per heavy atom. The summed E-state index contributed by atoms with van der Waals surface area (Å²) in [6, 6.07) is 1.80. The summed E-state index contributed by atoms with van der Waals surface area (Å²) in [5.41, 5.74) is 4.87. The first-order valence-corrected chi connectivity index (χ1v) is 10.6. The van der Waals surface area contributed by atoms with Crippen molar-refractivity contribution in [1.82, 2.24) is 19.7 Å². The molecule has 5 rings (SSSR count). The van der Waals surface area contributed by atoms with Crippen LogP contribution in [0.5, 0.6) is 0 Å². The van der Waals surface area contributed by atoms with Crippen molar-refractivity contribution in [2.45, 2.75) is 44.9 Å². The van der Waals surface area contributed by atoms with Gasteiger partial charge < -0.3 is 4.90 Å². The Bertz CT molecular complexity index is 919. The molecule has 26 heavy (non-hydrogen) atoms. The van der Waals surface area contributed by atoms with Crippen molar-refractivity contribution >= 4 is 17.6 Å². The highest BCUT2D eigenvalue weighted by Crippen LogP contribution is 2.33. The molecule has 0 saturated carbocycles. The van der Waals surface area contributed by atoms with E-state index in [0.717, 1.165) is 66.8 Å². The summed E-state index contributed by atoms with van der Waals surface area (Å²) in [6.45, 7) is 4.59. The fourth-order valence-corrected chi connectivity index (χ4v) is 5.23. The third-order valence-electron chi connectivity index (χ3n) is 5.62. The van der Waals surface area contributed by atoms with Crippen LogP contribution in [0.1, 0.15) is 34.8 Å². The maximum Gasteiger partial charge on any atom is 0.267 e. The maximum absolute atomic E-state index is 12.4. The van der Waals surface area contributed by atoms with Gasteiger partial charge in [0, 0.05) is 48.5 Å². The molecule has 4 heterocycles. The van der Waals surface area contributed by atoms with Crippen molar-refractivity contribution in [3.05, 3.63) is 44.8 Å². The topological polar surface area (TPSA) is 63.9 Å². The molecule has 2 aliphatic heterocycles. The predicted octanol–water partition coefficient (Wildman–Crippen LogP) is 1.76. The van der Waals surface area contributed by atoms with Crippen LogP contribution >= 0.6 is 11.8 Å². The van der Waals surface area contributed by atoms with Gasteiger partial charge in [-0.15, -0.1) is 0 Å². The zero-order valence-corrected chi connectivity index (χ0v) is 15.9. The van der Waals surface area contributed by atoms with Crippen LogP contribution in [-0.2, 0) is 31.6 Å². The lowest BCUT2D eigenvalue weighted by Gasteiger charge is -2.41. The molecule has 1 saturated heterocycles. The molecule has 0 amide bonds. The minimum atomic E-state index is 0.0449. The molecule has 1 fully saturated rings. The van der Waals surface area contributed by atoms with Crippen LogP contribution in [0.2, 0.25) is 0 Å². The second kappa shape index (κ2) is 6.37. The highest BCUT2D eigenvalue weighted by Gasteiger charge is 2.32. The number of aryl methyl sites for hydroxylation is 3. The highest BCUT2D eigenvalue weighted by molar-refractivity contribution is 7.98. The van der Waals surface area contributed by atoms with Gasteiger partial charge in [0.25, 0.3) is 5.56 Å². The van der Waals surface area contributed by atoms with Gasteiger partial charge >= 0.3 is 0 Å². The number of aromatic nitrogens is 4. The summed E-state index contributed by atoms with van der Waals surface area (Å²) in [4.78, 5) is 24.0. The lowest BCUT2D eigenvalue weighted by Crippen LogP contribution is -2.50. The third-order valence-corrected chi connectivity index (χ3v) is 6.62. The van der Waals surface area contributed by atoms with E-state index in [1.165, 1.54) is 17.7 Å². The van der Waals surface area contributed by atoms with Gasteiger partial charge in [0.15, 0.2) is 0 Å². The van der Waals surface area contributed by atoms with E-state index in [1.54, 1.807) is 10.7 Å². The van der Waals surface area contributed by atoms with Crippen LogP contribution in [-0.4, -0.2) is 38.6 Å². The number of thioether (sulfide) groups is 1. The molecule has 1 aliphatic carbocycles. The van der Waals surface area contributed by atoms with Gasteiger partial charge in [0.2, 0.25) is 0 Å². The molecule has 0 radical (unpaired) electrons. The average Bonchev–Trinajstić information content (AvgIpc) is 3.05. The van der Waals surface area contributed by atoms with E-state index in [1.807, 2.05) is 18.7 Å². The summed E-state index contributed by atoms with van der Waals surface area (Å²) in [5.74, 6) is 4.49. The van der Waals surface area contributed by atoms with Crippen LogP contribution < -0.4 is 10.5 Å². The van der Waals surface area contributed by atoms with Crippen LogP contribution in [0, 0.1) is 12.8 Å². The fourth-order valence-electron chi connectivity index (χ4n) is 4.28. The van der Waals surface area contributed by atoms with E-state index in [-0.39, 0.29) is 5.56 Å². The second-order valence-electron chi connectivity index (χ2n) is 7.58. The standard InChI is InChI=1S/C19H23N5OS/c1-12-20-17-4-2-3-15(17)19(21-12)23-8-13(9-23)10-24-18(25)7-14-11-26-6-5-16(14)22-24/h7,13H,2-6,8-11H2,1H3. The van der Waals surface area contributed by atoms with Crippen LogP contribution in [0.3, 0.4) is 0 Å². The molecule has 0 bridgehead atoms. The van der Waals surface area contributed by atoms with E-state index < -0.39 is 0 Å². The van der Waals surface area contributed by atoms with Gasteiger partial charge in [0.05, 0.1) is 12.2 Å². The normalized spacial score (nSPS) is 19.2. The Morgan fingerprint density at radius 3 is 2.96 bits per heavy atom. The van der Waals surface area contributed by atoms with Crippen molar-refractivity contribution < 1.29 is 0 Å².